The molecule has 0 saturated heterocycles. The fourth-order valence-electron chi connectivity index (χ4n) is 1.70. The first kappa shape index (κ1) is 10.9. The van der Waals surface area contributed by atoms with E-state index in [9.17, 15) is 4.79 Å². The molecule has 0 saturated carbocycles. The molecule has 5 nitrogen and oxygen atoms in total. The number of aromatic amines is 1. The van der Waals surface area contributed by atoms with Gasteiger partial charge in [0, 0.05) is 17.6 Å². The summed E-state index contributed by atoms with van der Waals surface area (Å²) >= 11 is 1.58. The third-order valence-electron chi connectivity index (χ3n) is 2.52. The van der Waals surface area contributed by atoms with Crippen molar-refractivity contribution in [1.82, 2.24) is 15.2 Å². The normalized spacial score (nSPS) is 10.7. The zero-order valence-corrected chi connectivity index (χ0v) is 10.2. The lowest BCUT2D eigenvalue weighted by atomic mass is 10.2. The maximum Gasteiger partial charge on any atom is 0.230 e. The Labute approximate surface area is 107 Å². The van der Waals surface area contributed by atoms with Gasteiger partial charge in [-0.25, -0.2) is 4.98 Å². The second-order valence-corrected chi connectivity index (χ2v) is 4.73. The largest absolute Gasteiger partial charge is 0.326 e. The van der Waals surface area contributed by atoms with Gasteiger partial charge in [-0.05, 0) is 24.3 Å². The molecule has 2 aromatic heterocycles. The van der Waals surface area contributed by atoms with Crippen LogP contribution >= 0.6 is 11.3 Å². The molecule has 1 aromatic carbocycles. The Kier molecular flexibility index (Phi) is 2.77. The highest BCUT2D eigenvalue weighted by atomic mass is 32.1. The van der Waals surface area contributed by atoms with Gasteiger partial charge in [-0.15, -0.1) is 11.3 Å². The Morgan fingerprint density at radius 3 is 3.17 bits per heavy atom. The molecule has 90 valence electrons. The minimum Gasteiger partial charge on any atom is -0.326 e. The van der Waals surface area contributed by atoms with E-state index in [1.165, 1.54) is 0 Å². The number of benzene rings is 1. The van der Waals surface area contributed by atoms with Gasteiger partial charge in [0.1, 0.15) is 0 Å². The van der Waals surface area contributed by atoms with E-state index in [4.69, 9.17) is 0 Å². The molecule has 6 heteroatoms. The van der Waals surface area contributed by atoms with Gasteiger partial charge in [-0.2, -0.15) is 5.10 Å². The first-order chi connectivity index (χ1) is 8.81. The van der Waals surface area contributed by atoms with Gasteiger partial charge in [-0.3, -0.25) is 9.89 Å². The molecule has 0 aliphatic heterocycles. The van der Waals surface area contributed by atoms with Crippen molar-refractivity contribution < 1.29 is 4.79 Å². The van der Waals surface area contributed by atoms with Crippen molar-refractivity contribution in [2.24, 2.45) is 0 Å². The fraction of sp³-hybridized carbons (Fsp3) is 0.0833. The van der Waals surface area contributed by atoms with Gasteiger partial charge in [0.25, 0.3) is 0 Å². The van der Waals surface area contributed by atoms with Crippen LogP contribution in [0.4, 0.5) is 5.69 Å². The van der Waals surface area contributed by atoms with Crippen molar-refractivity contribution in [1.29, 1.82) is 0 Å². The van der Waals surface area contributed by atoms with Gasteiger partial charge in [0.15, 0.2) is 0 Å². The zero-order valence-electron chi connectivity index (χ0n) is 9.38. The molecule has 0 fully saturated rings. The molecule has 0 aliphatic rings. The molecule has 0 spiro atoms. The number of aromatic nitrogens is 3. The van der Waals surface area contributed by atoms with Gasteiger partial charge in [0.2, 0.25) is 5.91 Å². The van der Waals surface area contributed by atoms with E-state index in [1.807, 2.05) is 18.2 Å². The van der Waals surface area contributed by atoms with E-state index in [-0.39, 0.29) is 12.3 Å². The van der Waals surface area contributed by atoms with Gasteiger partial charge < -0.3 is 5.32 Å². The number of carbonyl (C=O) groups excluding carboxylic acids is 1. The lowest BCUT2D eigenvalue weighted by molar-refractivity contribution is -0.115. The molecule has 0 unspecified atom stereocenters. The molecule has 0 radical (unpaired) electrons. The summed E-state index contributed by atoms with van der Waals surface area (Å²) in [5.74, 6) is -0.0752. The predicted molar refractivity (Wildman–Crippen MR) is 70.5 cm³/mol. The number of fused-ring (bicyclic) bond motifs is 1. The van der Waals surface area contributed by atoms with Crippen LogP contribution in [0.2, 0.25) is 0 Å². The van der Waals surface area contributed by atoms with Crippen LogP contribution in [0, 0.1) is 0 Å². The average molecular weight is 258 g/mol. The highest BCUT2D eigenvalue weighted by Crippen LogP contribution is 2.21. The smallest absolute Gasteiger partial charge is 0.230 e. The van der Waals surface area contributed by atoms with Crippen LogP contribution in [0.15, 0.2) is 36.0 Å². The number of H-pyrrole nitrogens is 1. The molecule has 0 bridgehead atoms. The van der Waals surface area contributed by atoms with E-state index in [0.717, 1.165) is 21.6 Å². The Bertz CT molecular complexity index is 674. The minimum atomic E-state index is -0.0752. The number of nitrogens with zero attached hydrogens (tertiary/aromatic N) is 2. The zero-order chi connectivity index (χ0) is 12.4. The standard InChI is InChI=1S/C12H10N4OS/c17-12(6-9-3-4-14-16-9)15-8-1-2-11-10(5-8)13-7-18-11/h1-5,7H,6H2,(H,14,16)(H,15,17). The average Bonchev–Trinajstić information content (AvgIpc) is 2.98. The monoisotopic (exact) mass is 258 g/mol. The van der Waals surface area contributed by atoms with Gasteiger partial charge in [0.05, 0.1) is 22.1 Å². The lowest BCUT2D eigenvalue weighted by Gasteiger charge is -2.03. The van der Waals surface area contributed by atoms with Crippen LogP contribution < -0.4 is 5.32 Å². The van der Waals surface area contributed by atoms with Crippen molar-refractivity contribution >= 4 is 33.1 Å². The molecular weight excluding hydrogens is 248 g/mol. The van der Waals surface area contributed by atoms with E-state index < -0.39 is 0 Å². The first-order valence-electron chi connectivity index (χ1n) is 5.42. The highest BCUT2D eigenvalue weighted by Gasteiger charge is 2.06. The second-order valence-electron chi connectivity index (χ2n) is 3.84. The Balaban J connectivity index is 1.73. The number of thiazole rings is 1. The van der Waals surface area contributed by atoms with E-state index in [2.05, 4.69) is 20.5 Å². The summed E-state index contributed by atoms with van der Waals surface area (Å²) in [5, 5.41) is 9.40. The predicted octanol–water partition coefficient (Wildman–Crippen LogP) is 2.20. The second kappa shape index (κ2) is 4.58. The SMILES string of the molecule is O=C(Cc1ccn[nH]1)Nc1ccc2scnc2c1. The van der Waals surface area contributed by atoms with Crippen LogP contribution in [0.25, 0.3) is 10.2 Å². The molecule has 18 heavy (non-hydrogen) atoms. The lowest BCUT2D eigenvalue weighted by Crippen LogP contribution is -2.14. The third kappa shape index (κ3) is 2.23. The van der Waals surface area contributed by atoms with Gasteiger partial charge in [-0.1, -0.05) is 0 Å². The number of hydrogen-bond donors (Lipinski definition) is 2. The minimum absolute atomic E-state index is 0.0752. The highest BCUT2D eigenvalue weighted by molar-refractivity contribution is 7.16. The van der Waals surface area contributed by atoms with E-state index in [0.29, 0.717) is 0 Å². The Morgan fingerprint density at radius 2 is 2.33 bits per heavy atom. The maximum atomic E-state index is 11.8. The van der Waals surface area contributed by atoms with Gasteiger partial charge >= 0.3 is 0 Å². The molecule has 0 atom stereocenters. The van der Waals surface area contributed by atoms with Crippen LogP contribution in [0.3, 0.4) is 0 Å². The number of nitrogens with one attached hydrogen (secondary N) is 2. The van der Waals surface area contributed by atoms with E-state index >= 15 is 0 Å². The number of carbonyl (C=O) groups is 1. The Morgan fingerprint density at radius 1 is 1.39 bits per heavy atom. The molecule has 0 aliphatic carbocycles. The van der Waals surface area contributed by atoms with Crippen LogP contribution in [0.5, 0.6) is 0 Å². The molecule has 1 amide bonds. The quantitative estimate of drug-likeness (QED) is 0.756. The number of anilines is 1. The summed E-state index contributed by atoms with van der Waals surface area (Å²) in [6.07, 6.45) is 1.92. The molecule has 3 rings (SSSR count). The van der Waals surface area contributed by atoms with Crippen molar-refractivity contribution in [3.05, 3.63) is 41.7 Å². The summed E-state index contributed by atoms with van der Waals surface area (Å²) < 4.78 is 1.11. The van der Waals surface area contributed by atoms with E-state index in [1.54, 1.807) is 29.1 Å². The van der Waals surface area contributed by atoms with Crippen LogP contribution in [0.1, 0.15) is 5.69 Å². The summed E-state index contributed by atoms with van der Waals surface area (Å²) in [6.45, 7) is 0. The molecule has 3 aromatic rings. The number of hydrogen-bond acceptors (Lipinski definition) is 4. The third-order valence-corrected chi connectivity index (χ3v) is 3.33. The summed E-state index contributed by atoms with van der Waals surface area (Å²) in [5.41, 5.74) is 4.25. The van der Waals surface area contributed by atoms with Crippen molar-refractivity contribution in [2.45, 2.75) is 6.42 Å². The number of amides is 1. The fourth-order valence-corrected chi connectivity index (χ4v) is 2.36. The molecule has 2 heterocycles. The molecule has 2 N–H and O–H groups in total. The summed E-state index contributed by atoms with van der Waals surface area (Å²) in [6, 6.07) is 7.49. The van der Waals surface area contributed by atoms with Crippen LogP contribution in [-0.4, -0.2) is 21.1 Å². The van der Waals surface area contributed by atoms with Crippen LogP contribution in [-0.2, 0) is 11.2 Å². The molecular formula is C12H10N4OS. The topological polar surface area (TPSA) is 70.7 Å². The summed E-state index contributed by atoms with van der Waals surface area (Å²) in [4.78, 5) is 16.0. The van der Waals surface area contributed by atoms with Crippen molar-refractivity contribution in [3.8, 4) is 0 Å². The summed E-state index contributed by atoms with van der Waals surface area (Å²) in [7, 11) is 0. The number of rotatable bonds is 3. The first-order valence-corrected chi connectivity index (χ1v) is 6.30. The van der Waals surface area contributed by atoms with Crippen molar-refractivity contribution in [2.75, 3.05) is 5.32 Å². The maximum absolute atomic E-state index is 11.8. The Hall–Kier alpha value is -2.21. The van der Waals surface area contributed by atoms with Crippen molar-refractivity contribution in [3.63, 3.8) is 0 Å².